The van der Waals surface area contributed by atoms with Gasteiger partial charge in [-0.3, -0.25) is 4.79 Å². The average molecular weight is 256 g/mol. The lowest BCUT2D eigenvalue weighted by molar-refractivity contribution is -0.133. The van der Waals surface area contributed by atoms with Crippen molar-refractivity contribution in [1.29, 1.82) is 0 Å². The summed E-state index contributed by atoms with van der Waals surface area (Å²) in [6.45, 7) is 2.11. The van der Waals surface area contributed by atoms with E-state index in [1.807, 2.05) is 0 Å². The molecule has 1 saturated carbocycles. The van der Waals surface area contributed by atoms with Gasteiger partial charge in [-0.15, -0.1) is 0 Å². The second-order valence-electron chi connectivity index (χ2n) is 5.34. The van der Waals surface area contributed by atoms with Gasteiger partial charge in [0, 0.05) is 25.8 Å². The highest BCUT2D eigenvalue weighted by molar-refractivity contribution is 5.77. The number of nitrogens with two attached hydrogens (primary N) is 1. The van der Waals surface area contributed by atoms with Crippen molar-refractivity contribution in [3.05, 3.63) is 0 Å². The Labute approximate surface area is 108 Å². The third-order valence-electron chi connectivity index (χ3n) is 3.98. The first-order valence-corrected chi connectivity index (χ1v) is 6.95. The normalized spacial score (nSPS) is 24.1. The predicted molar refractivity (Wildman–Crippen MR) is 68.2 cm³/mol. The molecule has 5 heteroatoms. The number of amides is 1. The Morgan fingerprint density at radius 1 is 1.33 bits per heavy atom. The van der Waals surface area contributed by atoms with Crippen molar-refractivity contribution in [3.63, 3.8) is 0 Å². The molecule has 3 N–H and O–H groups in total. The lowest BCUT2D eigenvalue weighted by atomic mass is 10.0. The van der Waals surface area contributed by atoms with Crippen LogP contribution in [0.4, 0.5) is 0 Å². The summed E-state index contributed by atoms with van der Waals surface area (Å²) >= 11 is 0. The maximum Gasteiger partial charge on any atom is 0.246 e. The molecule has 2 aliphatic rings. The molecular formula is C13H24N2O3. The van der Waals surface area contributed by atoms with E-state index in [4.69, 9.17) is 15.2 Å². The molecule has 0 aromatic carbocycles. The summed E-state index contributed by atoms with van der Waals surface area (Å²) in [5.74, 6) is -0.0263. The van der Waals surface area contributed by atoms with E-state index in [0.29, 0.717) is 6.54 Å². The zero-order chi connectivity index (χ0) is 12.8. The van der Waals surface area contributed by atoms with Gasteiger partial charge in [-0.05, 0) is 25.7 Å². The molecule has 0 atom stereocenters. The van der Waals surface area contributed by atoms with Gasteiger partial charge in [0.15, 0.2) is 0 Å². The summed E-state index contributed by atoms with van der Waals surface area (Å²) < 4.78 is 11.0. The van der Waals surface area contributed by atoms with Crippen LogP contribution in [-0.2, 0) is 14.3 Å². The van der Waals surface area contributed by atoms with Gasteiger partial charge >= 0.3 is 0 Å². The van der Waals surface area contributed by atoms with Crippen molar-refractivity contribution in [2.45, 2.75) is 50.2 Å². The molecule has 0 aromatic heterocycles. The number of hydrogen-bond acceptors (Lipinski definition) is 4. The molecule has 1 aliphatic heterocycles. The van der Waals surface area contributed by atoms with Gasteiger partial charge in [0.05, 0.1) is 5.60 Å². The Morgan fingerprint density at radius 2 is 2.00 bits per heavy atom. The van der Waals surface area contributed by atoms with Crippen molar-refractivity contribution in [2.24, 2.45) is 5.73 Å². The van der Waals surface area contributed by atoms with E-state index in [1.165, 1.54) is 0 Å². The van der Waals surface area contributed by atoms with Crippen LogP contribution in [0.3, 0.4) is 0 Å². The minimum atomic E-state index is -0.243. The van der Waals surface area contributed by atoms with Crippen molar-refractivity contribution < 1.29 is 14.3 Å². The molecule has 1 aliphatic carbocycles. The third-order valence-corrected chi connectivity index (χ3v) is 3.98. The van der Waals surface area contributed by atoms with Crippen LogP contribution in [0.25, 0.3) is 0 Å². The smallest absolute Gasteiger partial charge is 0.246 e. The molecule has 104 valence electrons. The largest absolute Gasteiger partial charge is 0.381 e. The predicted octanol–water partition coefficient (Wildman–Crippen LogP) is 0.570. The van der Waals surface area contributed by atoms with E-state index in [0.717, 1.165) is 51.7 Å². The van der Waals surface area contributed by atoms with E-state index in [9.17, 15) is 4.79 Å². The fraction of sp³-hybridized carbons (Fsp3) is 0.923. The molecule has 1 saturated heterocycles. The summed E-state index contributed by atoms with van der Waals surface area (Å²) in [5, 5.41) is 3.00. The van der Waals surface area contributed by atoms with Crippen LogP contribution in [-0.4, -0.2) is 43.9 Å². The molecule has 5 nitrogen and oxygen atoms in total. The molecule has 1 amide bonds. The quantitative estimate of drug-likeness (QED) is 0.754. The lowest BCUT2D eigenvalue weighted by Gasteiger charge is -2.28. The minimum absolute atomic E-state index is 0.0263. The number of rotatable bonds is 5. The van der Waals surface area contributed by atoms with Crippen LogP contribution < -0.4 is 11.1 Å². The van der Waals surface area contributed by atoms with Crippen LogP contribution in [0.5, 0.6) is 0 Å². The fourth-order valence-corrected chi connectivity index (χ4v) is 2.76. The van der Waals surface area contributed by atoms with Gasteiger partial charge in [-0.25, -0.2) is 0 Å². The summed E-state index contributed by atoms with van der Waals surface area (Å²) in [5.41, 5.74) is 5.52. The molecule has 18 heavy (non-hydrogen) atoms. The fourth-order valence-electron chi connectivity index (χ4n) is 2.76. The number of nitrogens with one attached hydrogen (secondary N) is 1. The second kappa shape index (κ2) is 6.50. The first-order valence-electron chi connectivity index (χ1n) is 6.95. The van der Waals surface area contributed by atoms with Crippen molar-refractivity contribution >= 4 is 5.91 Å². The maximum absolute atomic E-state index is 11.8. The molecule has 0 spiro atoms. The molecule has 0 bridgehead atoms. The third kappa shape index (κ3) is 3.67. The highest BCUT2D eigenvalue weighted by atomic mass is 16.5. The Balaban J connectivity index is 1.70. The average Bonchev–Trinajstić information content (AvgIpc) is 2.87. The van der Waals surface area contributed by atoms with Gasteiger partial charge in [0.25, 0.3) is 0 Å². The maximum atomic E-state index is 11.8. The molecule has 0 aromatic rings. The number of ether oxygens (including phenoxy) is 2. The van der Waals surface area contributed by atoms with Gasteiger partial charge in [0.2, 0.25) is 5.91 Å². The number of carbonyl (C=O) groups excluding carboxylic acids is 1. The van der Waals surface area contributed by atoms with E-state index in [-0.39, 0.29) is 24.2 Å². The monoisotopic (exact) mass is 256 g/mol. The van der Waals surface area contributed by atoms with Crippen molar-refractivity contribution in [3.8, 4) is 0 Å². The van der Waals surface area contributed by atoms with Crippen LogP contribution in [0.1, 0.15) is 38.5 Å². The molecule has 2 rings (SSSR count). The molecule has 2 fully saturated rings. The van der Waals surface area contributed by atoms with E-state index in [1.54, 1.807) is 0 Å². The minimum Gasteiger partial charge on any atom is -0.381 e. The first-order chi connectivity index (χ1) is 8.74. The highest BCUT2D eigenvalue weighted by Crippen LogP contribution is 2.32. The van der Waals surface area contributed by atoms with E-state index in [2.05, 4.69) is 5.32 Å². The number of hydrogen-bond donors (Lipinski definition) is 2. The topological polar surface area (TPSA) is 73.6 Å². The van der Waals surface area contributed by atoms with E-state index < -0.39 is 0 Å². The Kier molecular flexibility index (Phi) is 4.97. The van der Waals surface area contributed by atoms with Gasteiger partial charge in [-0.1, -0.05) is 12.8 Å². The molecular weight excluding hydrogens is 232 g/mol. The summed E-state index contributed by atoms with van der Waals surface area (Å²) in [4.78, 5) is 11.8. The Bertz CT molecular complexity index is 271. The zero-order valence-corrected chi connectivity index (χ0v) is 11.0. The first kappa shape index (κ1) is 13.8. The SMILES string of the molecule is NCC1(OCC(=O)NC2CCOCC2)CCCC1. The summed E-state index contributed by atoms with van der Waals surface area (Å²) in [6, 6.07) is 0.243. The summed E-state index contributed by atoms with van der Waals surface area (Å²) in [7, 11) is 0. The zero-order valence-electron chi connectivity index (χ0n) is 11.0. The van der Waals surface area contributed by atoms with Gasteiger partial charge in [0.1, 0.15) is 6.61 Å². The van der Waals surface area contributed by atoms with Gasteiger partial charge in [-0.2, -0.15) is 0 Å². The molecule has 0 unspecified atom stereocenters. The lowest BCUT2D eigenvalue weighted by Crippen LogP contribution is -2.44. The van der Waals surface area contributed by atoms with Crippen LogP contribution in [0, 0.1) is 0 Å². The van der Waals surface area contributed by atoms with Gasteiger partial charge < -0.3 is 20.5 Å². The molecule has 0 radical (unpaired) electrons. The van der Waals surface area contributed by atoms with E-state index >= 15 is 0 Å². The number of carbonyl (C=O) groups is 1. The van der Waals surface area contributed by atoms with Crippen LogP contribution in [0.15, 0.2) is 0 Å². The van der Waals surface area contributed by atoms with Crippen molar-refractivity contribution in [1.82, 2.24) is 5.32 Å². The standard InChI is InChI=1S/C13H24N2O3/c14-10-13(5-1-2-6-13)18-9-12(16)15-11-3-7-17-8-4-11/h11H,1-10,14H2,(H,15,16). The Morgan fingerprint density at radius 3 is 2.61 bits per heavy atom. The second-order valence-corrected chi connectivity index (χ2v) is 5.34. The highest BCUT2D eigenvalue weighted by Gasteiger charge is 2.34. The summed E-state index contributed by atoms with van der Waals surface area (Å²) in [6.07, 6.45) is 6.06. The Hall–Kier alpha value is -0.650. The van der Waals surface area contributed by atoms with Crippen LogP contribution in [0.2, 0.25) is 0 Å². The van der Waals surface area contributed by atoms with Crippen molar-refractivity contribution in [2.75, 3.05) is 26.4 Å². The van der Waals surface area contributed by atoms with Crippen LogP contribution >= 0.6 is 0 Å². The molecule has 1 heterocycles.